The van der Waals surface area contributed by atoms with E-state index in [2.05, 4.69) is 85.9 Å². The highest BCUT2D eigenvalue weighted by molar-refractivity contribution is 6.01. The highest BCUT2D eigenvalue weighted by Crippen LogP contribution is 2.63. The van der Waals surface area contributed by atoms with Crippen molar-refractivity contribution in [1.29, 1.82) is 0 Å². The largest absolute Gasteiger partial charge is 0.334 e. The molecule has 0 bridgehead atoms. The molecule has 1 saturated heterocycles. The SMILES string of the molecule is C=C(C)C(CC(C)(CC)C1CC1(C)C)=NC1=C2C(N=CN2C(C)C)N=C(CN2CCC(n3ccnc3)CC2)N1. The molecule has 0 aromatic carbocycles. The third-order valence-electron chi connectivity index (χ3n) is 9.54. The Morgan fingerprint density at radius 1 is 1.28 bits per heavy atom. The van der Waals surface area contributed by atoms with Gasteiger partial charge in [0.1, 0.15) is 11.5 Å². The number of piperidine rings is 1. The normalized spacial score (nSPS) is 26.9. The van der Waals surface area contributed by atoms with Crippen LogP contribution >= 0.6 is 0 Å². The molecule has 0 spiro atoms. The molecule has 3 atom stereocenters. The number of allylic oxidation sites excluding steroid dienone is 1. The Kier molecular flexibility index (Phi) is 7.61. The van der Waals surface area contributed by atoms with Gasteiger partial charge in [-0.1, -0.05) is 40.7 Å². The molecule has 1 aromatic heterocycles. The molecule has 212 valence electrons. The number of hydrogen-bond acceptors (Lipinski definition) is 7. The Morgan fingerprint density at radius 2 is 2.00 bits per heavy atom. The van der Waals surface area contributed by atoms with E-state index in [9.17, 15) is 0 Å². The van der Waals surface area contributed by atoms with Crippen molar-refractivity contribution in [3.63, 3.8) is 0 Å². The standard InChI is InChI=1S/C31H48N8/c1-9-31(8,25-17-30(25,6)7)16-24(21(2)3)34-29-27-28(33-20-39(27)22(4)5)35-26(36-29)18-37-13-10-23(11-14-37)38-15-12-32-19-38/h12,15,19-20,22-23,25,28H,2,9-11,13-14,16-18H2,1,3-8H3,(H,35,36). The fourth-order valence-electron chi connectivity index (χ4n) is 6.73. The lowest BCUT2D eigenvalue weighted by Gasteiger charge is -2.35. The molecule has 39 heavy (non-hydrogen) atoms. The van der Waals surface area contributed by atoms with Crippen LogP contribution in [0.5, 0.6) is 0 Å². The van der Waals surface area contributed by atoms with Gasteiger partial charge >= 0.3 is 0 Å². The van der Waals surface area contributed by atoms with Crippen LogP contribution in [0.3, 0.4) is 0 Å². The van der Waals surface area contributed by atoms with E-state index in [0.717, 1.165) is 74.0 Å². The zero-order valence-corrected chi connectivity index (χ0v) is 25.1. The van der Waals surface area contributed by atoms with Crippen LogP contribution in [0.1, 0.15) is 86.6 Å². The lowest BCUT2D eigenvalue weighted by molar-refractivity contribution is 0.206. The lowest BCUT2D eigenvalue weighted by atomic mass is 9.74. The quantitative estimate of drug-likeness (QED) is 0.396. The summed E-state index contributed by atoms with van der Waals surface area (Å²) in [4.78, 5) is 24.1. The number of aliphatic imine (C=N–C) groups is 3. The van der Waals surface area contributed by atoms with Crippen LogP contribution in [0.2, 0.25) is 0 Å². The highest BCUT2D eigenvalue weighted by Gasteiger charge is 2.55. The van der Waals surface area contributed by atoms with Gasteiger partial charge in [-0.25, -0.2) is 20.0 Å². The minimum Gasteiger partial charge on any atom is -0.334 e. The fraction of sp³-hybridized carbons (Fsp3) is 0.677. The number of imidazole rings is 1. The van der Waals surface area contributed by atoms with Crippen molar-refractivity contribution in [1.82, 2.24) is 24.7 Å². The first-order valence-corrected chi connectivity index (χ1v) is 14.8. The molecule has 8 heteroatoms. The summed E-state index contributed by atoms with van der Waals surface area (Å²) in [5.41, 5.74) is 3.81. The maximum atomic E-state index is 5.34. The van der Waals surface area contributed by atoms with Gasteiger partial charge in [0.15, 0.2) is 12.0 Å². The molecule has 1 N–H and O–H groups in total. The number of likely N-dealkylation sites (tertiary alicyclic amines) is 1. The number of nitrogens with zero attached hydrogens (tertiary/aromatic N) is 7. The Labute approximate surface area is 235 Å². The van der Waals surface area contributed by atoms with Crippen LogP contribution in [-0.2, 0) is 0 Å². The Bertz CT molecular complexity index is 1180. The summed E-state index contributed by atoms with van der Waals surface area (Å²) in [7, 11) is 0. The zero-order valence-electron chi connectivity index (χ0n) is 25.1. The summed E-state index contributed by atoms with van der Waals surface area (Å²) >= 11 is 0. The van der Waals surface area contributed by atoms with E-state index in [-0.39, 0.29) is 17.6 Å². The van der Waals surface area contributed by atoms with E-state index in [0.29, 0.717) is 17.4 Å². The monoisotopic (exact) mass is 532 g/mol. The van der Waals surface area contributed by atoms with Crippen molar-refractivity contribution in [2.45, 2.75) is 98.8 Å². The molecule has 8 nitrogen and oxygen atoms in total. The van der Waals surface area contributed by atoms with Gasteiger partial charge in [-0.3, -0.25) is 4.90 Å². The fourth-order valence-corrected chi connectivity index (χ4v) is 6.73. The number of rotatable bonds is 10. The smallest absolute Gasteiger partial charge is 0.187 e. The number of hydrogen-bond donors (Lipinski definition) is 1. The summed E-state index contributed by atoms with van der Waals surface area (Å²) < 4.78 is 2.25. The predicted octanol–water partition coefficient (Wildman–Crippen LogP) is 5.64. The van der Waals surface area contributed by atoms with Crippen molar-refractivity contribution < 1.29 is 0 Å². The van der Waals surface area contributed by atoms with Gasteiger partial charge in [0.2, 0.25) is 0 Å². The minimum absolute atomic E-state index is 0.209. The second-order valence-corrected chi connectivity index (χ2v) is 13.4. The topological polar surface area (TPSA) is 73.4 Å². The van der Waals surface area contributed by atoms with Crippen LogP contribution in [0.15, 0.2) is 57.4 Å². The number of aromatic nitrogens is 2. The molecule has 4 aliphatic rings. The van der Waals surface area contributed by atoms with Gasteiger partial charge in [0, 0.05) is 43.3 Å². The average molecular weight is 533 g/mol. The molecule has 0 radical (unpaired) electrons. The Hall–Kier alpha value is -2.74. The van der Waals surface area contributed by atoms with Crippen LogP contribution in [-0.4, -0.2) is 69.1 Å². The Balaban J connectivity index is 1.36. The summed E-state index contributed by atoms with van der Waals surface area (Å²) in [5.74, 6) is 2.55. The second kappa shape index (κ2) is 10.7. The maximum Gasteiger partial charge on any atom is 0.187 e. The number of fused-ring (bicyclic) bond motifs is 1. The predicted molar refractivity (Wildman–Crippen MR) is 161 cm³/mol. The molecule has 3 aliphatic heterocycles. The zero-order chi connectivity index (χ0) is 27.9. The number of nitrogens with one attached hydrogen (secondary N) is 1. The van der Waals surface area contributed by atoms with Crippen molar-refractivity contribution in [2.24, 2.45) is 31.7 Å². The molecule has 5 rings (SSSR count). The van der Waals surface area contributed by atoms with Gasteiger partial charge in [-0.05, 0) is 68.8 Å². The van der Waals surface area contributed by atoms with Crippen molar-refractivity contribution in [3.8, 4) is 0 Å². The molecular weight excluding hydrogens is 484 g/mol. The van der Waals surface area contributed by atoms with Crippen LogP contribution in [0.4, 0.5) is 0 Å². The first-order valence-electron chi connectivity index (χ1n) is 14.8. The van der Waals surface area contributed by atoms with Crippen molar-refractivity contribution >= 4 is 17.9 Å². The lowest BCUT2D eigenvalue weighted by Crippen LogP contribution is -2.45. The number of amidine groups is 1. The van der Waals surface area contributed by atoms with Gasteiger partial charge in [-0.15, -0.1) is 0 Å². The molecular formula is C31H48N8. The summed E-state index contributed by atoms with van der Waals surface area (Å²) in [6.45, 7) is 23.3. The first-order chi connectivity index (χ1) is 18.5. The van der Waals surface area contributed by atoms with Crippen LogP contribution in [0, 0.1) is 16.7 Å². The Morgan fingerprint density at radius 3 is 2.56 bits per heavy atom. The second-order valence-electron chi connectivity index (χ2n) is 13.4. The molecule has 1 aliphatic carbocycles. The van der Waals surface area contributed by atoms with Gasteiger partial charge in [-0.2, -0.15) is 0 Å². The maximum absolute atomic E-state index is 5.34. The summed E-state index contributed by atoms with van der Waals surface area (Å²) in [5, 5.41) is 3.67. The van der Waals surface area contributed by atoms with Crippen molar-refractivity contribution in [2.75, 3.05) is 19.6 Å². The average Bonchev–Trinajstić information content (AvgIpc) is 3.28. The molecule has 4 heterocycles. The third kappa shape index (κ3) is 5.76. The van der Waals surface area contributed by atoms with Crippen LogP contribution in [0.25, 0.3) is 0 Å². The summed E-state index contributed by atoms with van der Waals surface area (Å²) in [6, 6.07) is 0.805. The van der Waals surface area contributed by atoms with E-state index in [1.54, 1.807) is 0 Å². The first kappa shape index (κ1) is 27.8. The minimum atomic E-state index is -0.239. The molecule has 2 fully saturated rings. The van der Waals surface area contributed by atoms with Crippen LogP contribution < -0.4 is 5.32 Å². The van der Waals surface area contributed by atoms with E-state index >= 15 is 0 Å². The van der Waals surface area contributed by atoms with Crippen molar-refractivity contribution in [3.05, 3.63) is 42.4 Å². The highest BCUT2D eigenvalue weighted by atomic mass is 15.4. The van der Waals surface area contributed by atoms with E-state index in [4.69, 9.17) is 15.0 Å². The molecule has 0 amide bonds. The third-order valence-corrected chi connectivity index (χ3v) is 9.54. The molecule has 1 saturated carbocycles. The van der Waals surface area contributed by atoms with Gasteiger partial charge < -0.3 is 14.8 Å². The molecule has 3 unspecified atom stereocenters. The van der Waals surface area contributed by atoms with Gasteiger partial charge in [0.25, 0.3) is 0 Å². The van der Waals surface area contributed by atoms with E-state index in [1.165, 1.54) is 6.42 Å². The van der Waals surface area contributed by atoms with E-state index < -0.39 is 0 Å². The summed E-state index contributed by atoms with van der Waals surface area (Å²) in [6.07, 6.45) is 13.2. The van der Waals surface area contributed by atoms with Gasteiger partial charge in [0.05, 0.1) is 19.2 Å². The molecule has 1 aromatic rings. The van der Waals surface area contributed by atoms with E-state index in [1.807, 2.05) is 18.9 Å².